The molecular weight excluding hydrogens is 244 g/mol. The maximum Gasteiger partial charge on any atom is 0.0607 e. The Labute approximate surface area is 113 Å². The lowest BCUT2D eigenvalue weighted by Crippen LogP contribution is -2.08. The monoisotopic (exact) mass is 260 g/mol. The summed E-state index contributed by atoms with van der Waals surface area (Å²) >= 11 is 6.00. The Bertz CT molecular complexity index is 552. The van der Waals surface area contributed by atoms with Crippen molar-refractivity contribution in [1.82, 2.24) is 4.98 Å². The molecule has 1 heterocycles. The number of hydrogen-bond donors (Lipinski definition) is 1. The predicted molar refractivity (Wildman–Crippen MR) is 77.2 cm³/mol. The molecule has 0 bridgehead atoms. The first-order chi connectivity index (χ1) is 8.56. The van der Waals surface area contributed by atoms with E-state index in [1.54, 1.807) is 0 Å². The van der Waals surface area contributed by atoms with Crippen molar-refractivity contribution in [3.8, 4) is 0 Å². The molecule has 18 heavy (non-hydrogen) atoms. The number of aromatic nitrogens is 1. The Morgan fingerprint density at radius 1 is 1.17 bits per heavy atom. The van der Waals surface area contributed by atoms with E-state index in [1.807, 2.05) is 38.1 Å². The quantitative estimate of drug-likeness (QED) is 0.877. The maximum atomic E-state index is 6.00. The summed E-state index contributed by atoms with van der Waals surface area (Å²) in [6.45, 7) is 6.13. The second-order valence-electron chi connectivity index (χ2n) is 4.51. The summed E-state index contributed by atoms with van der Waals surface area (Å²) in [6.07, 6.45) is 0. The Kier molecular flexibility index (Phi) is 3.87. The number of anilines is 1. The van der Waals surface area contributed by atoms with Gasteiger partial charge in [0, 0.05) is 16.8 Å². The van der Waals surface area contributed by atoms with Crippen LogP contribution in [0.2, 0.25) is 5.02 Å². The smallest absolute Gasteiger partial charge is 0.0607 e. The molecule has 0 radical (unpaired) electrons. The fraction of sp³-hybridized carbons (Fsp3) is 0.267. The van der Waals surface area contributed by atoms with Gasteiger partial charge in [-0.1, -0.05) is 23.7 Å². The van der Waals surface area contributed by atoms with Gasteiger partial charge in [0.1, 0.15) is 0 Å². The topological polar surface area (TPSA) is 24.9 Å². The third-order valence-electron chi connectivity index (χ3n) is 2.95. The Morgan fingerprint density at radius 3 is 2.61 bits per heavy atom. The van der Waals surface area contributed by atoms with Crippen molar-refractivity contribution in [1.29, 1.82) is 0 Å². The minimum Gasteiger partial charge on any atom is -0.377 e. The average Bonchev–Trinajstić information content (AvgIpc) is 2.32. The van der Waals surface area contributed by atoms with Crippen LogP contribution in [0.3, 0.4) is 0 Å². The maximum absolute atomic E-state index is 6.00. The second-order valence-corrected chi connectivity index (χ2v) is 4.94. The van der Waals surface area contributed by atoms with Crippen LogP contribution in [0, 0.1) is 13.8 Å². The van der Waals surface area contributed by atoms with Gasteiger partial charge < -0.3 is 5.32 Å². The van der Waals surface area contributed by atoms with Crippen LogP contribution in [0.5, 0.6) is 0 Å². The van der Waals surface area contributed by atoms with Gasteiger partial charge in [-0.2, -0.15) is 0 Å². The Balaban J connectivity index is 2.18. The van der Waals surface area contributed by atoms with Gasteiger partial charge in [-0.15, -0.1) is 0 Å². The summed E-state index contributed by atoms with van der Waals surface area (Å²) < 4.78 is 0. The zero-order valence-electron chi connectivity index (χ0n) is 10.9. The molecule has 1 atom stereocenters. The first kappa shape index (κ1) is 12.9. The van der Waals surface area contributed by atoms with E-state index in [4.69, 9.17) is 11.6 Å². The molecule has 94 valence electrons. The first-order valence-electron chi connectivity index (χ1n) is 6.02. The summed E-state index contributed by atoms with van der Waals surface area (Å²) in [7, 11) is 0. The van der Waals surface area contributed by atoms with Crippen molar-refractivity contribution in [3.05, 3.63) is 58.4 Å². The van der Waals surface area contributed by atoms with Crippen LogP contribution in [-0.2, 0) is 0 Å². The van der Waals surface area contributed by atoms with Crippen molar-refractivity contribution in [2.24, 2.45) is 0 Å². The van der Waals surface area contributed by atoms with Gasteiger partial charge in [-0.3, -0.25) is 4.98 Å². The van der Waals surface area contributed by atoms with Crippen LogP contribution in [0.25, 0.3) is 0 Å². The van der Waals surface area contributed by atoms with Crippen molar-refractivity contribution in [3.63, 3.8) is 0 Å². The van der Waals surface area contributed by atoms with E-state index in [2.05, 4.69) is 29.4 Å². The molecular formula is C15H17ClN2. The summed E-state index contributed by atoms with van der Waals surface area (Å²) in [5.41, 5.74) is 4.29. The van der Waals surface area contributed by atoms with Crippen molar-refractivity contribution < 1.29 is 0 Å². The SMILES string of the molecule is Cc1ccc(NC(C)c2cccc(Cl)c2)c(C)n1. The van der Waals surface area contributed by atoms with Gasteiger partial charge in [0.25, 0.3) is 0 Å². The van der Waals surface area contributed by atoms with Crippen LogP contribution in [0.4, 0.5) is 5.69 Å². The number of nitrogens with one attached hydrogen (secondary N) is 1. The van der Waals surface area contributed by atoms with E-state index in [0.29, 0.717) is 0 Å². The molecule has 1 N–H and O–H groups in total. The molecule has 1 unspecified atom stereocenters. The van der Waals surface area contributed by atoms with E-state index in [-0.39, 0.29) is 6.04 Å². The molecule has 0 fully saturated rings. The highest BCUT2D eigenvalue weighted by Gasteiger charge is 2.07. The van der Waals surface area contributed by atoms with E-state index >= 15 is 0 Å². The zero-order chi connectivity index (χ0) is 13.1. The molecule has 0 aliphatic carbocycles. The van der Waals surface area contributed by atoms with Gasteiger partial charge >= 0.3 is 0 Å². The Morgan fingerprint density at radius 2 is 1.94 bits per heavy atom. The van der Waals surface area contributed by atoms with Gasteiger partial charge in [0.05, 0.1) is 11.4 Å². The number of pyridine rings is 1. The highest BCUT2D eigenvalue weighted by molar-refractivity contribution is 6.30. The molecule has 0 saturated carbocycles. The van der Waals surface area contributed by atoms with E-state index in [9.17, 15) is 0 Å². The largest absolute Gasteiger partial charge is 0.377 e. The normalized spacial score (nSPS) is 12.2. The lowest BCUT2D eigenvalue weighted by atomic mass is 10.1. The molecule has 0 aliphatic rings. The van der Waals surface area contributed by atoms with Gasteiger partial charge in [-0.25, -0.2) is 0 Å². The fourth-order valence-corrected chi connectivity index (χ4v) is 2.13. The van der Waals surface area contributed by atoms with Crippen molar-refractivity contribution >= 4 is 17.3 Å². The molecule has 2 aromatic rings. The van der Waals surface area contributed by atoms with E-state index in [1.165, 1.54) is 5.56 Å². The summed E-state index contributed by atoms with van der Waals surface area (Å²) in [4.78, 5) is 4.45. The van der Waals surface area contributed by atoms with Crippen molar-refractivity contribution in [2.75, 3.05) is 5.32 Å². The lowest BCUT2D eigenvalue weighted by Gasteiger charge is -2.17. The van der Waals surface area contributed by atoms with E-state index < -0.39 is 0 Å². The van der Waals surface area contributed by atoms with Crippen LogP contribution in [0.1, 0.15) is 29.9 Å². The zero-order valence-corrected chi connectivity index (χ0v) is 11.6. The number of nitrogens with zero attached hydrogens (tertiary/aromatic N) is 1. The van der Waals surface area contributed by atoms with Gasteiger partial charge in [0.2, 0.25) is 0 Å². The third-order valence-corrected chi connectivity index (χ3v) is 3.18. The summed E-state index contributed by atoms with van der Waals surface area (Å²) in [5.74, 6) is 0. The highest BCUT2D eigenvalue weighted by Crippen LogP contribution is 2.23. The molecule has 3 heteroatoms. The lowest BCUT2D eigenvalue weighted by molar-refractivity contribution is 0.878. The minimum absolute atomic E-state index is 0.201. The van der Waals surface area contributed by atoms with Gasteiger partial charge in [-0.05, 0) is 50.6 Å². The van der Waals surface area contributed by atoms with E-state index in [0.717, 1.165) is 22.1 Å². The average molecular weight is 261 g/mol. The summed E-state index contributed by atoms with van der Waals surface area (Å²) in [6, 6.07) is 12.2. The fourth-order valence-electron chi connectivity index (χ4n) is 1.93. The second kappa shape index (κ2) is 5.40. The molecule has 0 saturated heterocycles. The number of hydrogen-bond acceptors (Lipinski definition) is 2. The minimum atomic E-state index is 0.201. The number of rotatable bonds is 3. The van der Waals surface area contributed by atoms with Crippen LogP contribution in [-0.4, -0.2) is 4.98 Å². The van der Waals surface area contributed by atoms with Crippen LogP contribution >= 0.6 is 11.6 Å². The molecule has 0 amide bonds. The van der Waals surface area contributed by atoms with Crippen molar-refractivity contribution in [2.45, 2.75) is 26.8 Å². The first-order valence-corrected chi connectivity index (χ1v) is 6.40. The molecule has 1 aromatic heterocycles. The summed E-state index contributed by atoms with van der Waals surface area (Å²) in [5, 5.41) is 4.22. The highest BCUT2D eigenvalue weighted by atomic mass is 35.5. The standard InChI is InChI=1S/C15H17ClN2/c1-10-7-8-15(12(3)17-10)18-11(2)13-5-4-6-14(16)9-13/h4-9,11,18H,1-3H3. The molecule has 0 aliphatic heterocycles. The Hall–Kier alpha value is -1.54. The molecule has 1 aromatic carbocycles. The van der Waals surface area contributed by atoms with Crippen LogP contribution < -0.4 is 5.32 Å². The number of aryl methyl sites for hydroxylation is 2. The predicted octanol–water partition coefficient (Wildman–Crippen LogP) is 4.52. The third kappa shape index (κ3) is 3.02. The van der Waals surface area contributed by atoms with Crippen LogP contribution in [0.15, 0.2) is 36.4 Å². The van der Waals surface area contributed by atoms with Gasteiger partial charge in [0.15, 0.2) is 0 Å². The molecule has 0 spiro atoms. The number of benzene rings is 1. The molecule has 2 rings (SSSR count). The molecule has 2 nitrogen and oxygen atoms in total. The number of halogens is 1.